The summed E-state index contributed by atoms with van der Waals surface area (Å²) in [7, 11) is 0. The minimum absolute atomic E-state index is 0.193. The number of carbonyl (C=O) groups is 2. The van der Waals surface area contributed by atoms with E-state index in [1.165, 1.54) is 4.90 Å². The minimum Gasteiger partial charge on any atom is -0.449 e. The molecule has 4 rings (SSSR count). The number of aliphatic hydroxyl groups is 1. The van der Waals surface area contributed by atoms with E-state index in [1.54, 1.807) is 49.4 Å². The maximum Gasteiger partial charge on any atom is 0.416 e. The zero-order chi connectivity index (χ0) is 17.6. The summed E-state index contributed by atoms with van der Waals surface area (Å²) in [6.07, 6.45) is -1.95. The summed E-state index contributed by atoms with van der Waals surface area (Å²) in [4.78, 5) is 26.2. The molecule has 0 spiro atoms. The van der Waals surface area contributed by atoms with Gasteiger partial charge in [-0.25, -0.2) is 9.69 Å². The smallest absolute Gasteiger partial charge is 0.416 e. The molecule has 0 fully saturated rings. The second-order valence-corrected chi connectivity index (χ2v) is 5.75. The molecule has 6 nitrogen and oxygen atoms in total. The summed E-state index contributed by atoms with van der Waals surface area (Å²) in [5.74, 6) is -0.204. The van der Waals surface area contributed by atoms with Crippen LogP contribution in [0.5, 0.6) is 0 Å². The quantitative estimate of drug-likeness (QED) is 0.783. The van der Waals surface area contributed by atoms with E-state index < -0.39 is 12.3 Å². The molecule has 1 atom stereocenters. The molecule has 2 aromatic rings. The van der Waals surface area contributed by atoms with Crippen LogP contribution < -0.4 is 10.2 Å². The Hall–Kier alpha value is -3.12. The summed E-state index contributed by atoms with van der Waals surface area (Å²) in [5, 5.41) is 13.9. The maximum absolute atomic E-state index is 12.8. The molecule has 0 aromatic heterocycles. The van der Waals surface area contributed by atoms with Crippen LogP contribution in [-0.4, -0.2) is 29.8 Å². The first-order valence-electron chi connectivity index (χ1n) is 8.02. The number of rotatable bonds is 1. The van der Waals surface area contributed by atoms with Crippen LogP contribution in [0, 0.1) is 0 Å². The molecule has 126 valence electrons. The van der Waals surface area contributed by atoms with Gasteiger partial charge >= 0.3 is 6.09 Å². The maximum atomic E-state index is 12.8. The fraction of sp³-hybridized carbons (Fsp3) is 0.158. The number of aliphatic hydroxyl groups excluding tert-OH is 1. The number of hydrogen-bond acceptors (Lipinski definition) is 5. The second-order valence-electron chi connectivity index (χ2n) is 5.75. The van der Waals surface area contributed by atoms with Crippen molar-refractivity contribution in [3.05, 3.63) is 65.4 Å². The van der Waals surface area contributed by atoms with Crippen molar-refractivity contribution in [1.82, 2.24) is 0 Å². The van der Waals surface area contributed by atoms with Gasteiger partial charge < -0.3 is 15.2 Å². The van der Waals surface area contributed by atoms with E-state index in [2.05, 4.69) is 5.32 Å². The first-order valence-corrected chi connectivity index (χ1v) is 8.02. The van der Waals surface area contributed by atoms with Crippen LogP contribution in [-0.2, 0) is 4.74 Å². The van der Waals surface area contributed by atoms with Crippen molar-refractivity contribution in [2.24, 2.45) is 0 Å². The van der Waals surface area contributed by atoms with Gasteiger partial charge in [0.25, 0.3) is 0 Å². The molecule has 2 N–H and O–H groups in total. The second kappa shape index (κ2) is 5.75. The summed E-state index contributed by atoms with van der Waals surface area (Å²) in [6.45, 7) is 1.89. The van der Waals surface area contributed by atoms with Crippen molar-refractivity contribution in [2.45, 2.75) is 13.2 Å². The van der Waals surface area contributed by atoms with Crippen LogP contribution in [0.2, 0.25) is 0 Å². The van der Waals surface area contributed by atoms with Crippen molar-refractivity contribution >= 4 is 28.8 Å². The van der Waals surface area contributed by atoms with Gasteiger partial charge in [-0.3, -0.25) is 4.79 Å². The Morgan fingerprint density at radius 1 is 1.16 bits per heavy atom. The van der Waals surface area contributed by atoms with Crippen LogP contribution in [0.3, 0.4) is 0 Å². The fourth-order valence-corrected chi connectivity index (χ4v) is 3.27. The zero-order valence-electron chi connectivity index (χ0n) is 13.5. The highest BCUT2D eigenvalue weighted by Gasteiger charge is 2.42. The van der Waals surface area contributed by atoms with E-state index in [4.69, 9.17) is 4.74 Å². The Labute approximate surface area is 144 Å². The number of hydrogen-bond donors (Lipinski definition) is 2. The normalized spacial score (nSPS) is 21.0. The van der Waals surface area contributed by atoms with Gasteiger partial charge in [0.1, 0.15) is 0 Å². The van der Waals surface area contributed by atoms with Gasteiger partial charge in [0.2, 0.25) is 5.78 Å². The van der Waals surface area contributed by atoms with Gasteiger partial charge in [-0.15, -0.1) is 0 Å². The third-order valence-electron chi connectivity index (χ3n) is 4.35. The number of ketones is 1. The summed E-state index contributed by atoms with van der Waals surface area (Å²) in [5.41, 5.74) is 3.05. The predicted molar refractivity (Wildman–Crippen MR) is 93.3 cm³/mol. The van der Waals surface area contributed by atoms with Crippen molar-refractivity contribution in [2.75, 3.05) is 16.8 Å². The highest BCUT2D eigenvalue weighted by atomic mass is 16.6. The Bertz CT molecular complexity index is 919. The molecule has 0 saturated heterocycles. The van der Waals surface area contributed by atoms with Gasteiger partial charge in [-0.05, 0) is 25.1 Å². The number of allylic oxidation sites excluding steroid dienone is 1. The summed E-state index contributed by atoms with van der Waals surface area (Å²) in [6, 6.07) is 14.2. The van der Waals surface area contributed by atoms with Gasteiger partial charge in [-0.1, -0.05) is 30.3 Å². The number of para-hydroxylation sites is 2. The molecule has 6 heteroatoms. The van der Waals surface area contributed by atoms with Crippen LogP contribution in [0.4, 0.5) is 16.2 Å². The number of Topliss-reactive ketones (excluding diaryl/α,β-unsaturated/α-hetero) is 1. The Morgan fingerprint density at radius 3 is 2.56 bits per heavy atom. The van der Waals surface area contributed by atoms with Crippen LogP contribution in [0.15, 0.2) is 54.2 Å². The highest BCUT2D eigenvalue weighted by Crippen LogP contribution is 2.43. The Kier molecular flexibility index (Phi) is 3.54. The average molecular weight is 336 g/mol. The predicted octanol–water partition coefficient (Wildman–Crippen LogP) is 3.00. The molecule has 0 bridgehead atoms. The molecule has 25 heavy (non-hydrogen) atoms. The summed E-state index contributed by atoms with van der Waals surface area (Å²) < 4.78 is 5.05. The standard InChI is InChI=1S/C19H16N2O4/c1-2-25-19(24)21-14-10-6-4-8-12(14)15(18(21)23)16-17(22)11-7-3-5-9-13(11)20-16/h3-10,18,20,23H,2H2,1H3/b16-15-. The van der Waals surface area contributed by atoms with E-state index in [0.717, 1.165) is 0 Å². The molecule has 2 aliphatic rings. The first-order chi connectivity index (χ1) is 12.1. The molecule has 0 aliphatic carbocycles. The minimum atomic E-state index is -1.29. The third-order valence-corrected chi connectivity index (χ3v) is 4.35. The number of ether oxygens (including phenoxy) is 1. The molecular formula is C19H16N2O4. The lowest BCUT2D eigenvalue weighted by Crippen LogP contribution is -2.38. The highest BCUT2D eigenvalue weighted by molar-refractivity contribution is 6.23. The van der Waals surface area contributed by atoms with E-state index in [-0.39, 0.29) is 18.1 Å². The first kappa shape index (κ1) is 15.4. The largest absolute Gasteiger partial charge is 0.449 e. The van der Waals surface area contributed by atoms with Crippen molar-refractivity contribution in [1.29, 1.82) is 0 Å². The molecular weight excluding hydrogens is 320 g/mol. The lowest BCUT2D eigenvalue weighted by Gasteiger charge is -2.21. The number of nitrogens with one attached hydrogen (secondary N) is 1. The number of benzene rings is 2. The van der Waals surface area contributed by atoms with E-state index >= 15 is 0 Å². The summed E-state index contributed by atoms with van der Waals surface area (Å²) >= 11 is 0. The van der Waals surface area contributed by atoms with E-state index in [9.17, 15) is 14.7 Å². The molecule has 2 heterocycles. The van der Waals surface area contributed by atoms with Gasteiger partial charge in [-0.2, -0.15) is 0 Å². The number of amides is 1. The Morgan fingerprint density at radius 2 is 1.84 bits per heavy atom. The number of fused-ring (bicyclic) bond motifs is 2. The topological polar surface area (TPSA) is 78.9 Å². The number of anilines is 2. The molecule has 2 aromatic carbocycles. The molecule has 1 amide bonds. The SMILES string of the molecule is CCOC(=O)N1c2ccccc2/C(=C2/Nc3ccccc3C2=O)C1O. The molecule has 0 radical (unpaired) electrons. The van der Waals surface area contributed by atoms with Crippen molar-refractivity contribution in [3.63, 3.8) is 0 Å². The lowest BCUT2D eigenvalue weighted by molar-refractivity contribution is 0.103. The average Bonchev–Trinajstić information content (AvgIpc) is 3.09. The van der Waals surface area contributed by atoms with E-state index in [0.29, 0.717) is 28.1 Å². The van der Waals surface area contributed by atoms with Gasteiger partial charge in [0, 0.05) is 22.4 Å². The number of nitrogens with zero attached hydrogens (tertiary/aromatic N) is 1. The van der Waals surface area contributed by atoms with Crippen LogP contribution >= 0.6 is 0 Å². The Balaban J connectivity index is 1.87. The van der Waals surface area contributed by atoms with E-state index in [1.807, 2.05) is 6.07 Å². The van der Waals surface area contributed by atoms with Gasteiger partial charge in [0.15, 0.2) is 6.23 Å². The van der Waals surface area contributed by atoms with Crippen LogP contribution in [0.1, 0.15) is 22.8 Å². The number of carbonyl (C=O) groups excluding carboxylic acids is 2. The lowest BCUT2D eigenvalue weighted by atomic mass is 10.0. The van der Waals surface area contributed by atoms with Crippen molar-refractivity contribution in [3.8, 4) is 0 Å². The fourth-order valence-electron chi connectivity index (χ4n) is 3.27. The zero-order valence-corrected chi connectivity index (χ0v) is 13.5. The molecule has 1 unspecified atom stereocenters. The molecule has 2 aliphatic heterocycles. The molecule has 0 saturated carbocycles. The van der Waals surface area contributed by atoms with Crippen molar-refractivity contribution < 1.29 is 19.4 Å². The van der Waals surface area contributed by atoms with Crippen LogP contribution in [0.25, 0.3) is 5.57 Å². The third kappa shape index (κ3) is 2.22. The van der Waals surface area contributed by atoms with Gasteiger partial charge in [0.05, 0.1) is 18.0 Å². The monoisotopic (exact) mass is 336 g/mol.